The van der Waals surface area contributed by atoms with E-state index in [1.807, 2.05) is 0 Å². The molecule has 22 nitrogen and oxygen atoms in total. The number of aliphatic hydroxyl groups is 1. The van der Waals surface area contributed by atoms with E-state index < -0.39 is 140 Å². The van der Waals surface area contributed by atoms with Crippen molar-refractivity contribution in [3.63, 3.8) is 0 Å². The number of nitrogens with two attached hydrogens (primary N) is 2. The van der Waals surface area contributed by atoms with Gasteiger partial charge in [0.2, 0.25) is 41.4 Å². The summed E-state index contributed by atoms with van der Waals surface area (Å²) in [6.45, 7) is 5.84. The molecule has 0 aromatic carbocycles. The molecule has 0 aromatic rings. The van der Waals surface area contributed by atoms with Gasteiger partial charge in [-0.05, 0) is 49.5 Å². The molecule has 8 atom stereocenters. The molecule has 0 saturated carbocycles. The van der Waals surface area contributed by atoms with Crippen LogP contribution in [0.4, 0.5) is 0 Å². The molecular weight excluding hydrogens is 776 g/mol. The van der Waals surface area contributed by atoms with E-state index in [0.717, 1.165) is 0 Å². The molecule has 0 fully saturated rings. The number of amides is 7. The van der Waals surface area contributed by atoms with Gasteiger partial charge in [0.25, 0.3) is 0 Å². The van der Waals surface area contributed by atoms with Crippen molar-refractivity contribution in [1.82, 2.24) is 31.9 Å². The average Bonchev–Trinajstić information content (AvgIpc) is 3.12. The van der Waals surface area contributed by atoms with Gasteiger partial charge in [0.05, 0.1) is 19.1 Å². The van der Waals surface area contributed by atoms with Crippen molar-refractivity contribution in [2.45, 2.75) is 121 Å². The van der Waals surface area contributed by atoms with Gasteiger partial charge in [-0.2, -0.15) is 11.8 Å². The SMILES string of the molecule is CC[C@H](C)[C@H](NC(=O)[C@@H](N)CCC(=O)O)C(=O)N[C@@H](CO)C(=O)N[C@@H](CCSC)C(=O)N[C@@H](CC(C)C)C(=O)N[C@@H](CC(N)=O)C(=O)N[C@@H](CCC(=O)O)C(=O)O. The molecule has 324 valence electrons. The van der Waals surface area contributed by atoms with Crippen LogP contribution in [0.5, 0.6) is 0 Å². The smallest absolute Gasteiger partial charge is 0.326 e. The van der Waals surface area contributed by atoms with Crippen molar-refractivity contribution in [3.8, 4) is 0 Å². The van der Waals surface area contributed by atoms with Crippen LogP contribution in [0, 0.1) is 11.8 Å². The van der Waals surface area contributed by atoms with Crippen molar-refractivity contribution in [2.75, 3.05) is 18.6 Å². The number of aliphatic hydroxyl groups excluding tert-OH is 1. The topological polar surface area (TPSA) is 376 Å². The number of rotatable bonds is 29. The Morgan fingerprint density at radius 2 is 1.09 bits per heavy atom. The number of carbonyl (C=O) groups excluding carboxylic acids is 7. The summed E-state index contributed by atoms with van der Waals surface area (Å²) in [6.07, 6.45) is -0.437. The third-order valence-electron chi connectivity index (χ3n) is 8.50. The molecule has 0 bridgehead atoms. The summed E-state index contributed by atoms with van der Waals surface area (Å²) in [5, 5.41) is 51.5. The Bertz CT molecular complexity index is 1430. The highest BCUT2D eigenvalue weighted by Gasteiger charge is 2.35. The van der Waals surface area contributed by atoms with E-state index in [4.69, 9.17) is 21.7 Å². The molecule has 0 aliphatic carbocycles. The molecule has 23 heteroatoms. The highest BCUT2D eigenvalue weighted by Crippen LogP contribution is 2.11. The molecule has 0 spiro atoms. The molecule has 57 heavy (non-hydrogen) atoms. The fraction of sp³-hybridized carbons (Fsp3) is 0.706. The first-order chi connectivity index (χ1) is 26.6. The molecular formula is C34H58N8O14S. The highest BCUT2D eigenvalue weighted by atomic mass is 32.2. The second kappa shape index (κ2) is 26.8. The fourth-order valence-corrected chi connectivity index (χ4v) is 5.53. The van der Waals surface area contributed by atoms with Gasteiger partial charge in [0.15, 0.2) is 0 Å². The lowest BCUT2D eigenvalue weighted by molar-refractivity contribution is -0.143. The lowest BCUT2D eigenvalue weighted by Gasteiger charge is -2.28. The van der Waals surface area contributed by atoms with E-state index in [9.17, 15) is 58.2 Å². The van der Waals surface area contributed by atoms with Crippen LogP contribution >= 0.6 is 11.8 Å². The minimum atomic E-state index is -1.72. The van der Waals surface area contributed by atoms with Crippen LogP contribution < -0.4 is 43.4 Å². The zero-order valence-corrected chi connectivity index (χ0v) is 33.5. The Hall–Kier alpha value is -5.03. The van der Waals surface area contributed by atoms with Gasteiger partial charge in [-0.15, -0.1) is 0 Å². The van der Waals surface area contributed by atoms with E-state index in [1.165, 1.54) is 11.8 Å². The van der Waals surface area contributed by atoms with E-state index in [-0.39, 0.29) is 25.2 Å². The number of aliphatic carboxylic acids is 3. The zero-order chi connectivity index (χ0) is 44.0. The summed E-state index contributed by atoms with van der Waals surface area (Å²) in [6, 6.07) is -10.3. The molecule has 0 aliphatic heterocycles. The number of carboxylic acids is 3. The quantitative estimate of drug-likeness (QED) is 0.0352. The Morgan fingerprint density at radius 3 is 1.58 bits per heavy atom. The second-order valence-corrected chi connectivity index (χ2v) is 14.7. The fourth-order valence-electron chi connectivity index (χ4n) is 5.06. The van der Waals surface area contributed by atoms with Gasteiger partial charge < -0.3 is 63.8 Å². The minimum absolute atomic E-state index is 0.000259. The summed E-state index contributed by atoms with van der Waals surface area (Å²) >= 11 is 1.31. The van der Waals surface area contributed by atoms with Crippen molar-refractivity contribution < 1.29 is 68.4 Å². The summed E-state index contributed by atoms with van der Waals surface area (Å²) < 4.78 is 0. The monoisotopic (exact) mass is 834 g/mol. The molecule has 0 rings (SSSR count). The number of hydrogen-bond donors (Lipinski definition) is 12. The van der Waals surface area contributed by atoms with Crippen molar-refractivity contribution in [1.29, 1.82) is 0 Å². The maximum Gasteiger partial charge on any atom is 0.326 e. The van der Waals surface area contributed by atoms with Crippen molar-refractivity contribution >= 4 is 71.0 Å². The Labute approximate surface area is 334 Å². The lowest BCUT2D eigenvalue weighted by atomic mass is 9.97. The van der Waals surface area contributed by atoms with Gasteiger partial charge in [-0.3, -0.25) is 43.2 Å². The maximum absolute atomic E-state index is 13.6. The third kappa shape index (κ3) is 20.6. The molecule has 0 heterocycles. The molecule has 14 N–H and O–H groups in total. The molecule has 0 saturated heterocycles. The molecule has 0 aliphatic rings. The van der Waals surface area contributed by atoms with Gasteiger partial charge in [-0.25, -0.2) is 4.79 Å². The number of hydrogen-bond acceptors (Lipinski definition) is 13. The van der Waals surface area contributed by atoms with Gasteiger partial charge >= 0.3 is 17.9 Å². The first-order valence-electron chi connectivity index (χ1n) is 18.2. The summed E-state index contributed by atoms with van der Waals surface area (Å²) in [5.41, 5.74) is 11.0. The van der Waals surface area contributed by atoms with E-state index in [1.54, 1.807) is 34.0 Å². The third-order valence-corrected chi connectivity index (χ3v) is 9.14. The number of carbonyl (C=O) groups is 10. The summed E-state index contributed by atoms with van der Waals surface area (Å²) in [4.78, 5) is 125. The normalized spacial score (nSPS) is 15.2. The predicted octanol–water partition coefficient (Wildman–Crippen LogP) is -3.25. The van der Waals surface area contributed by atoms with Gasteiger partial charge in [0, 0.05) is 12.8 Å². The standard InChI is InChI=1S/C34H58N8O14S/c1-6-17(4)27(42-28(49)18(35)7-9-25(45)46)33(54)41-23(15-43)32(53)37-19(11-12-57-5)29(50)39-21(13-16(2)3)30(51)40-22(14-24(36)44)31(52)38-20(34(55)56)8-10-26(47)48/h16-23,27,43H,6-15,35H2,1-5H3,(H2,36,44)(H,37,53)(H,38,52)(H,39,50)(H,40,51)(H,41,54)(H,42,49)(H,45,46)(H,47,48)(H,55,56)/t17-,18-,19-,20-,21-,22-,23-,27-/m0/s1. The van der Waals surface area contributed by atoms with Crippen LogP contribution in [0.15, 0.2) is 0 Å². The number of nitrogens with one attached hydrogen (secondary N) is 6. The summed E-state index contributed by atoms with van der Waals surface area (Å²) in [7, 11) is 0. The number of primary amides is 1. The molecule has 0 radical (unpaired) electrons. The van der Waals surface area contributed by atoms with Crippen LogP contribution in [-0.2, 0) is 47.9 Å². The van der Waals surface area contributed by atoms with Crippen LogP contribution in [0.3, 0.4) is 0 Å². The first-order valence-corrected chi connectivity index (χ1v) is 19.6. The largest absolute Gasteiger partial charge is 0.481 e. The number of thioether (sulfide) groups is 1. The molecule has 0 unspecified atom stereocenters. The van der Waals surface area contributed by atoms with Gasteiger partial charge in [-0.1, -0.05) is 34.1 Å². The van der Waals surface area contributed by atoms with Crippen molar-refractivity contribution in [3.05, 3.63) is 0 Å². The van der Waals surface area contributed by atoms with Crippen molar-refractivity contribution in [2.24, 2.45) is 23.3 Å². The number of carboxylic acid groups (broad SMARTS) is 3. The van der Waals surface area contributed by atoms with E-state index in [0.29, 0.717) is 12.2 Å². The minimum Gasteiger partial charge on any atom is -0.481 e. The zero-order valence-electron chi connectivity index (χ0n) is 32.7. The Kier molecular flexibility index (Phi) is 24.4. The summed E-state index contributed by atoms with van der Waals surface area (Å²) in [5.74, 6) is -11.3. The van der Waals surface area contributed by atoms with Crippen LogP contribution in [0.2, 0.25) is 0 Å². The second-order valence-electron chi connectivity index (χ2n) is 13.8. The molecule has 7 amide bonds. The Balaban J connectivity index is 6.16. The van der Waals surface area contributed by atoms with E-state index >= 15 is 0 Å². The predicted molar refractivity (Wildman–Crippen MR) is 204 cm³/mol. The van der Waals surface area contributed by atoms with Crippen LogP contribution in [0.25, 0.3) is 0 Å². The highest BCUT2D eigenvalue weighted by molar-refractivity contribution is 7.98. The first kappa shape index (κ1) is 52.0. The average molecular weight is 835 g/mol. The Morgan fingerprint density at radius 1 is 0.614 bits per heavy atom. The van der Waals surface area contributed by atoms with Crippen LogP contribution in [-0.4, -0.2) is 141 Å². The lowest BCUT2D eigenvalue weighted by Crippen LogP contribution is -2.61. The van der Waals surface area contributed by atoms with E-state index in [2.05, 4.69) is 31.9 Å². The van der Waals surface area contributed by atoms with Gasteiger partial charge in [0.1, 0.15) is 36.3 Å². The molecule has 0 aromatic heterocycles. The van der Waals surface area contributed by atoms with Crippen LogP contribution in [0.1, 0.15) is 79.1 Å². The maximum atomic E-state index is 13.6.